The van der Waals surface area contributed by atoms with Crippen molar-refractivity contribution < 1.29 is 57.1 Å². The number of allylic oxidation sites excluding steroid dienone is 7. The average molecular weight is 882 g/mol. The van der Waals surface area contributed by atoms with Crippen LogP contribution in [0, 0.1) is 11.8 Å². The number of esters is 2. The fourth-order valence-electron chi connectivity index (χ4n) is 6.90. The Hall–Kier alpha value is -2.44. The highest BCUT2D eigenvalue weighted by molar-refractivity contribution is 7.45. The third kappa shape index (κ3) is 32.0. The second-order valence-electron chi connectivity index (χ2n) is 17.5. The van der Waals surface area contributed by atoms with Gasteiger partial charge in [-0.15, -0.1) is 0 Å². The minimum absolute atomic E-state index is 0.0297. The lowest BCUT2D eigenvalue weighted by Crippen LogP contribution is -2.37. The number of aliphatic hydroxyl groups is 2. The van der Waals surface area contributed by atoms with Crippen molar-refractivity contribution in [1.29, 1.82) is 0 Å². The van der Waals surface area contributed by atoms with E-state index in [0.29, 0.717) is 43.1 Å². The number of hydrogen-bond acceptors (Lipinski definition) is 11. The second-order valence-corrected chi connectivity index (χ2v) is 19.0. The van der Waals surface area contributed by atoms with Crippen LogP contribution in [0.1, 0.15) is 162 Å². The average Bonchev–Trinajstić information content (AvgIpc) is 3.47. The molecular formula is C48H84NO11P. The minimum Gasteiger partial charge on any atom is -0.756 e. The molecule has 1 fully saturated rings. The van der Waals surface area contributed by atoms with Gasteiger partial charge in [0.25, 0.3) is 7.82 Å². The van der Waals surface area contributed by atoms with Crippen molar-refractivity contribution in [3.8, 4) is 0 Å². The van der Waals surface area contributed by atoms with Crippen molar-refractivity contribution in [3.05, 3.63) is 48.6 Å². The van der Waals surface area contributed by atoms with E-state index in [-0.39, 0.29) is 44.2 Å². The van der Waals surface area contributed by atoms with Gasteiger partial charge in [0.1, 0.15) is 25.5 Å². The van der Waals surface area contributed by atoms with Crippen molar-refractivity contribution in [3.63, 3.8) is 0 Å². The van der Waals surface area contributed by atoms with Crippen molar-refractivity contribution in [2.75, 3.05) is 47.5 Å². The van der Waals surface area contributed by atoms with Gasteiger partial charge in [-0.3, -0.25) is 18.9 Å². The first-order valence-electron chi connectivity index (χ1n) is 23.4. The Labute approximate surface area is 369 Å². The largest absolute Gasteiger partial charge is 0.756 e. The van der Waals surface area contributed by atoms with E-state index < -0.39 is 50.6 Å². The molecule has 0 aromatic carbocycles. The number of aliphatic hydroxyl groups excluding tert-OH is 2. The molecule has 0 aliphatic heterocycles. The lowest BCUT2D eigenvalue weighted by atomic mass is 9.90. The molecule has 0 aromatic heterocycles. The van der Waals surface area contributed by atoms with Crippen LogP contribution in [-0.4, -0.2) is 98.2 Å². The fourth-order valence-corrected chi connectivity index (χ4v) is 7.63. The maximum absolute atomic E-state index is 12.7. The zero-order valence-electron chi connectivity index (χ0n) is 38.6. The summed E-state index contributed by atoms with van der Waals surface area (Å²) in [6.07, 6.45) is 33.6. The molecule has 1 unspecified atom stereocenters. The number of unbranched alkanes of at least 4 members (excludes halogenated alkanes) is 13. The molecule has 1 aliphatic rings. The highest BCUT2D eigenvalue weighted by Crippen LogP contribution is 2.38. The number of carbonyl (C=O) groups is 3. The molecule has 1 aliphatic carbocycles. The summed E-state index contributed by atoms with van der Waals surface area (Å²) in [7, 11) is 1.01. The fraction of sp³-hybridized carbons (Fsp3) is 0.771. The lowest BCUT2D eigenvalue weighted by molar-refractivity contribution is -0.870. The highest BCUT2D eigenvalue weighted by atomic mass is 31.2. The highest BCUT2D eigenvalue weighted by Gasteiger charge is 2.39. The summed E-state index contributed by atoms with van der Waals surface area (Å²) in [5, 5.41) is 20.7. The third-order valence-corrected chi connectivity index (χ3v) is 11.7. The molecule has 0 saturated heterocycles. The van der Waals surface area contributed by atoms with Crippen molar-refractivity contribution in [2.45, 2.75) is 180 Å². The van der Waals surface area contributed by atoms with Gasteiger partial charge in [0, 0.05) is 31.1 Å². The Morgan fingerprint density at radius 3 is 2.05 bits per heavy atom. The van der Waals surface area contributed by atoms with Crippen molar-refractivity contribution in [2.24, 2.45) is 11.8 Å². The standard InChI is InChI=1S/C48H84NO11P/c1-6-8-10-11-12-13-14-15-16-17-18-19-20-21-22-23-29-33-48(54)60-42(40-59-61(55,56)58-37-36-49(3,4)5)39-57-47(53)32-28-25-24-27-31-43-44(46(52)38-45(43)51)35-34-41(50)30-26-9-7-2/h12-13,15-16,24,27,34-35,41-45,50-51H,6-11,14,17-23,25-26,28-33,36-40H2,1-5H3/b13-12-,16-15-,27-24-,35-34+/t41-,42+,43+,44+,45-/m0/s1. The Bertz CT molecular complexity index is 1340. The predicted molar refractivity (Wildman–Crippen MR) is 241 cm³/mol. The smallest absolute Gasteiger partial charge is 0.306 e. The Morgan fingerprint density at radius 2 is 1.38 bits per heavy atom. The van der Waals surface area contributed by atoms with Crippen LogP contribution < -0.4 is 4.89 Å². The summed E-state index contributed by atoms with van der Waals surface area (Å²) in [6.45, 7) is 3.78. The second kappa shape index (κ2) is 35.0. The van der Waals surface area contributed by atoms with Gasteiger partial charge in [0.05, 0.1) is 40.0 Å². The molecule has 1 rings (SSSR count). The molecule has 0 radical (unpaired) electrons. The van der Waals surface area contributed by atoms with Crippen molar-refractivity contribution in [1.82, 2.24) is 0 Å². The Morgan fingerprint density at radius 1 is 0.787 bits per heavy atom. The van der Waals surface area contributed by atoms with E-state index in [1.165, 1.54) is 38.5 Å². The first-order valence-corrected chi connectivity index (χ1v) is 24.9. The number of quaternary nitrogens is 1. The number of Topliss-reactive ketones (excluding diaryl/α,β-unsaturated/α-hetero) is 1. The van der Waals surface area contributed by atoms with Crippen LogP contribution in [0.15, 0.2) is 48.6 Å². The number of carbonyl (C=O) groups excluding carboxylic acids is 3. The molecule has 6 atom stereocenters. The van der Waals surface area contributed by atoms with E-state index >= 15 is 0 Å². The minimum atomic E-state index is -4.70. The molecule has 0 amide bonds. The molecule has 0 spiro atoms. The van der Waals surface area contributed by atoms with Crippen LogP contribution in [-0.2, 0) is 37.5 Å². The zero-order valence-corrected chi connectivity index (χ0v) is 39.5. The van der Waals surface area contributed by atoms with Crippen LogP contribution in [0.5, 0.6) is 0 Å². The molecule has 352 valence electrons. The molecule has 1 saturated carbocycles. The topological polar surface area (TPSA) is 169 Å². The van der Waals surface area contributed by atoms with E-state index in [4.69, 9.17) is 18.5 Å². The van der Waals surface area contributed by atoms with Gasteiger partial charge < -0.3 is 38.1 Å². The van der Waals surface area contributed by atoms with Crippen LogP contribution in [0.4, 0.5) is 0 Å². The first kappa shape index (κ1) is 56.6. The van der Waals surface area contributed by atoms with Gasteiger partial charge in [0.2, 0.25) is 0 Å². The number of phosphoric ester groups is 1. The molecular weight excluding hydrogens is 797 g/mol. The number of likely N-dealkylation sites (N-methyl/N-ethyl adjacent to an activating group) is 1. The SMILES string of the molecule is CCCCC/C=C\C/C=C\CCCCCCCCCC(=O)O[C@H](COC(=O)CCC/C=C\C[C@H]1[C@@H](O)CC(=O)[C@@H]1/C=C/[C@@H](O)CCCCC)COP(=O)([O-])OCC[N+](C)(C)C. The van der Waals surface area contributed by atoms with Gasteiger partial charge in [-0.25, -0.2) is 0 Å². The summed E-state index contributed by atoms with van der Waals surface area (Å²) < 4.78 is 33.9. The molecule has 2 N–H and O–H groups in total. The van der Waals surface area contributed by atoms with E-state index in [0.717, 1.165) is 57.8 Å². The van der Waals surface area contributed by atoms with E-state index in [2.05, 4.69) is 38.2 Å². The van der Waals surface area contributed by atoms with Crippen LogP contribution in [0.2, 0.25) is 0 Å². The molecule has 0 bridgehead atoms. The van der Waals surface area contributed by atoms with Gasteiger partial charge in [-0.05, 0) is 64.2 Å². The van der Waals surface area contributed by atoms with Crippen LogP contribution in [0.3, 0.4) is 0 Å². The Kier molecular flexibility index (Phi) is 32.4. The third-order valence-electron chi connectivity index (χ3n) is 10.7. The lowest BCUT2D eigenvalue weighted by Gasteiger charge is -2.28. The first-order chi connectivity index (χ1) is 29.2. The summed E-state index contributed by atoms with van der Waals surface area (Å²) in [4.78, 5) is 50.3. The van der Waals surface area contributed by atoms with Gasteiger partial charge in [-0.1, -0.05) is 127 Å². The van der Waals surface area contributed by atoms with Crippen molar-refractivity contribution >= 4 is 25.5 Å². The molecule has 0 heterocycles. The maximum Gasteiger partial charge on any atom is 0.306 e. The zero-order chi connectivity index (χ0) is 45.2. The summed E-state index contributed by atoms with van der Waals surface area (Å²) in [5.74, 6) is -1.79. The molecule has 13 heteroatoms. The van der Waals surface area contributed by atoms with Crippen LogP contribution >= 0.6 is 7.82 Å². The van der Waals surface area contributed by atoms with E-state index in [9.17, 15) is 34.1 Å². The molecule has 61 heavy (non-hydrogen) atoms. The number of nitrogens with zero attached hydrogens (tertiary/aromatic N) is 1. The quantitative estimate of drug-likeness (QED) is 0.0199. The van der Waals surface area contributed by atoms with Crippen LogP contribution in [0.25, 0.3) is 0 Å². The normalized spacial score (nSPS) is 19.4. The summed E-state index contributed by atoms with van der Waals surface area (Å²) in [6, 6.07) is 0. The van der Waals surface area contributed by atoms with Gasteiger partial charge in [-0.2, -0.15) is 0 Å². The monoisotopic (exact) mass is 882 g/mol. The summed E-state index contributed by atoms with van der Waals surface area (Å²) >= 11 is 0. The molecule has 0 aromatic rings. The predicted octanol–water partition coefficient (Wildman–Crippen LogP) is 9.42. The molecule has 12 nitrogen and oxygen atoms in total. The number of rotatable bonds is 38. The maximum atomic E-state index is 12.7. The van der Waals surface area contributed by atoms with E-state index in [1.807, 2.05) is 33.3 Å². The van der Waals surface area contributed by atoms with E-state index in [1.54, 1.807) is 12.2 Å². The Balaban J connectivity index is 2.48. The number of ketones is 1. The van der Waals surface area contributed by atoms with Gasteiger partial charge in [0.15, 0.2) is 6.10 Å². The number of ether oxygens (including phenoxy) is 2. The number of hydrogen-bond donors (Lipinski definition) is 2. The van der Waals surface area contributed by atoms with Gasteiger partial charge >= 0.3 is 11.9 Å². The number of phosphoric acid groups is 1. The summed E-state index contributed by atoms with van der Waals surface area (Å²) in [5.41, 5.74) is 0.